The number of ether oxygens (including phenoxy) is 1. The third-order valence-electron chi connectivity index (χ3n) is 5.73. The van der Waals surface area contributed by atoms with Gasteiger partial charge in [0.2, 0.25) is 5.43 Å². The quantitative estimate of drug-likeness (QED) is 0.915. The number of hydrogen-bond donors (Lipinski definition) is 1. The van der Waals surface area contributed by atoms with Gasteiger partial charge in [0, 0.05) is 24.3 Å². The van der Waals surface area contributed by atoms with E-state index in [1.807, 2.05) is 39.8 Å². The van der Waals surface area contributed by atoms with Crippen LogP contribution in [0.1, 0.15) is 35.3 Å². The third-order valence-corrected chi connectivity index (χ3v) is 5.73. The predicted molar refractivity (Wildman–Crippen MR) is 96.0 cm³/mol. The monoisotopic (exact) mass is 351 g/mol. The first kappa shape index (κ1) is 15.6. The molecule has 134 valence electrons. The Kier molecular flexibility index (Phi) is 3.60. The molecule has 1 amide bonds. The van der Waals surface area contributed by atoms with E-state index in [9.17, 15) is 9.59 Å². The summed E-state index contributed by atoms with van der Waals surface area (Å²) in [7, 11) is 0. The van der Waals surface area contributed by atoms with Crippen molar-refractivity contribution in [2.75, 3.05) is 0 Å². The molecule has 0 radical (unpaired) electrons. The van der Waals surface area contributed by atoms with Gasteiger partial charge in [-0.2, -0.15) is 0 Å². The number of fused-ring (bicyclic) bond motifs is 5. The molecule has 3 heterocycles. The van der Waals surface area contributed by atoms with Gasteiger partial charge in [-0.25, -0.2) is 0 Å². The van der Waals surface area contributed by atoms with Crippen LogP contribution in [0.2, 0.25) is 0 Å². The number of pyridine rings is 1. The summed E-state index contributed by atoms with van der Waals surface area (Å²) < 4.78 is 7.71. The molecule has 0 spiro atoms. The van der Waals surface area contributed by atoms with Crippen LogP contribution in [-0.2, 0) is 13.2 Å². The summed E-state index contributed by atoms with van der Waals surface area (Å²) in [5.41, 5.74) is 1.11. The van der Waals surface area contributed by atoms with Crippen molar-refractivity contribution in [2.24, 2.45) is 0 Å². The zero-order valence-electron chi connectivity index (χ0n) is 14.4. The maximum absolute atomic E-state index is 13.3. The second-order valence-corrected chi connectivity index (χ2v) is 7.34. The molecule has 2 aliphatic heterocycles. The number of amides is 1. The van der Waals surface area contributed by atoms with Crippen molar-refractivity contribution in [1.29, 1.82) is 0 Å². The smallest absolute Gasteiger partial charge is 0.276 e. The Balaban J connectivity index is 1.51. The van der Waals surface area contributed by atoms with Gasteiger partial charge in [-0.05, 0) is 24.8 Å². The SMILES string of the molecule is O=C1c2c(OCc3ccccc3)c(=O)ccn2CC2NC3CCC(C3)N12. The fourth-order valence-corrected chi connectivity index (χ4v) is 4.52. The van der Waals surface area contributed by atoms with Crippen LogP contribution in [0.4, 0.5) is 0 Å². The zero-order chi connectivity index (χ0) is 17.7. The Labute approximate surface area is 151 Å². The lowest BCUT2D eigenvalue weighted by atomic mass is 10.1. The van der Waals surface area contributed by atoms with E-state index in [0.717, 1.165) is 24.8 Å². The lowest BCUT2D eigenvalue weighted by molar-refractivity contribution is 0.0293. The number of aromatic nitrogens is 1. The Hall–Kier alpha value is -2.60. The van der Waals surface area contributed by atoms with Crippen molar-refractivity contribution in [1.82, 2.24) is 14.8 Å². The minimum absolute atomic E-state index is 0.00530. The van der Waals surface area contributed by atoms with Crippen LogP contribution in [0.15, 0.2) is 47.4 Å². The molecule has 6 nitrogen and oxygen atoms in total. The van der Waals surface area contributed by atoms with E-state index in [1.165, 1.54) is 6.07 Å². The zero-order valence-corrected chi connectivity index (χ0v) is 14.4. The highest BCUT2D eigenvalue weighted by atomic mass is 16.5. The van der Waals surface area contributed by atoms with Crippen LogP contribution in [0.3, 0.4) is 0 Å². The van der Waals surface area contributed by atoms with Crippen LogP contribution < -0.4 is 15.5 Å². The summed E-state index contributed by atoms with van der Waals surface area (Å²) in [5.74, 6) is 0.0692. The molecule has 1 N–H and O–H groups in total. The molecule has 2 aromatic rings. The van der Waals surface area contributed by atoms with Crippen LogP contribution in [0.25, 0.3) is 0 Å². The second-order valence-electron chi connectivity index (χ2n) is 7.34. The average Bonchev–Trinajstić information content (AvgIpc) is 3.03. The Bertz CT molecular complexity index is 908. The molecule has 2 bridgehead atoms. The van der Waals surface area contributed by atoms with Gasteiger partial charge in [0.25, 0.3) is 5.91 Å². The summed E-state index contributed by atoms with van der Waals surface area (Å²) >= 11 is 0. The van der Waals surface area contributed by atoms with Crippen LogP contribution in [0.5, 0.6) is 5.75 Å². The highest BCUT2D eigenvalue weighted by Crippen LogP contribution is 2.35. The molecule has 1 saturated heterocycles. The Morgan fingerprint density at radius 3 is 2.81 bits per heavy atom. The average molecular weight is 351 g/mol. The van der Waals surface area contributed by atoms with E-state index >= 15 is 0 Å². The molecule has 26 heavy (non-hydrogen) atoms. The van der Waals surface area contributed by atoms with Crippen LogP contribution in [-0.4, -0.2) is 33.6 Å². The molecule has 5 rings (SSSR count). The first-order chi connectivity index (χ1) is 12.7. The second kappa shape index (κ2) is 5.99. The summed E-state index contributed by atoms with van der Waals surface area (Å²) in [4.78, 5) is 27.7. The van der Waals surface area contributed by atoms with Crippen molar-refractivity contribution >= 4 is 5.91 Å². The maximum Gasteiger partial charge on any atom is 0.276 e. The van der Waals surface area contributed by atoms with E-state index < -0.39 is 0 Å². The molecule has 1 aliphatic carbocycles. The number of nitrogens with one attached hydrogen (secondary N) is 1. The molecular weight excluding hydrogens is 330 g/mol. The minimum Gasteiger partial charge on any atom is -0.483 e. The van der Waals surface area contributed by atoms with Gasteiger partial charge in [-0.3, -0.25) is 14.9 Å². The van der Waals surface area contributed by atoms with Crippen molar-refractivity contribution in [3.63, 3.8) is 0 Å². The maximum atomic E-state index is 13.3. The molecule has 1 aromatic heterocycles. The number of rotatable bonds is 3. The van der Waals surface area contributed by atoms with Gasteiger partial charge < -0.3 is 14.2 Å². The Morgan fingerprint density at radius 2 is 1.96 bits per heavy atom. The van der Waals surface area contributed by atoms with E-state index in [1.54, 1.807) is 6.20 Å². The number of carbonyl (C=O) groups is 1. The number of nitrogens with zero attached hydrogens (tertiary/aromatic N) is 2. The topological polar surface area (TPSA) is 63.6 Å². The highest BCUT2D eigenvalue weighted by molar-refractivity contribution is 5.96. The molecule has 1 aromatic carbocycles. The van der Waals surface area contributed by atoms with E-state index in [4.69, 9.17) is 4.74 Å². The molecule has 3 aliphatic rings. The molecule has 6 heteroatoms. The van der Waals surface area contributed by atoms with Crippen molar-refractivity contribution in [3.05, 3.63) is 64.1 Å². The van der Waals surface area contributed by atoms with E-state index in [2.05, 4.69) is 5.32 Å². The molecule has 3 atom stereocenters. The normalized spacial score (nSPS) is 26.4. The van der Waals surface area contributed by atoms with Gasteiger partial charge in [0.15, 0.2) is 11.4 Å². The third kappa shape index (κ3) is 2.44. The van der Waals surface area contributed by atoms with Gasteiger partial charge in [-0.15, -0.1) is 0 Å². The number of hydrogen-bond acceptors (Lipinski definition) is 4. The summed E-state index contributed by atoms with van der Waals surface area (Å²) in [5, 5.41) is 3.58. The molecule has 3 unspecified atom stereocenters. The van der Waals surface area contributed by atoms with Crippen LogP contribution in [0, 0.1) is 0 Å². The summed E-state index contributed by atoms with van der Waals surface area (Å²) in [6.07, 6.45) is 4.85. The first-order valence-electron chi connectivity index (χ1n) is 9.19. The first-order valence-corrected chi connectivity index (χ1v) is 9.19. The molecule has 1 saturated carbocycles. The molecular formula is C20H21N3O3. The number of carbonyl (C=O) groups excluding carboxylic acids is 1. The van der Waals surface area contributed by atoms with Gasteiger partial charge in [0.05, 0.1) is 6.54 Å². The van der Waals surface area contributed by atoms with Crippen molar-refractivity contribution in [2.45, 2.75) is 50.7 Å². The molecule has 2 fully saturated rings. The largest absolute Gasteiger partial charge is 0.483 e. The lowest BCUT2D eigenvalue weighted by Gasteiger charge is -2.45. The predicted octanol–water partition coefficient (Wildman–Crippen LogP) is 1.73. The van der Waals surface area contributed by atoms with Crippen LogP contribution >= 0.6 is 0 Å². The van der Waals surface area contributed by atoms with E-state index in [0.29, 0.717) is 18.3 Å². The fourth-order valence-electron chi connectivity index (χ4n) is 4.52. The standard InChI is InChI=1S/C20H21N3O3/c24-16-8-9-22-11-17-21-14-6-7-15(10-14)23(17)20(25)18(22)19(16)26-12-13-4-2-1-3-5-13/h1-5,8-9,14-15,17,21H,6-7,10-12H2. The Morgan fingerprint density at radius 1 is 1.12 bits per heavy atom. The summed E-state index contributed by atoms with van der Waals surface area (Å²) in [6, 6.07) is 11.9. The van der Waals surface area contributed by atoms with Gasteiger partial charge in [-0.1, -0.05) is 30.3 Å². The lowest BCUT2D eigenvalue weighted by Crippen LogP contribution is -2.63. The van der Waals surface area contributed by atoms with Gasteiger partial charge >= 0.3 is 0 Å². The minimum atomic E-state index is -0.242. The highest BCUT2D eigenvalue weighted by Gasteiger charge is 2.46. The van der Waals surface area contributed by atoms with E-state index in [-0.39, 0.29) is 35.9 Å². The number of benzene rings is 1. The summed E-state index contributed by atoms with van der Waals surface area (Å²) in [6.45, 7) is 0.920. The van der Waals surface area contributed by atoms with Gasteiger partial charge in [0.1, 0.15) is 12.8 Å². The fraction of sp³-hybridized carbons (Fsp3) is 0.400. The van der Waals surface area contributed by atoms with Crippen molar-refractivity contribution < 1.29 is 9.53 Å². The van der Waals surface area contributed by atoms with Crippen molar-refractivity contribution in [3.8, 4) is 5.75 Å².